The number of nitrogens with zero attached hydrogens (tertiary/aromatic N) is 2. The van der Waals surface area contributed by atoms with E-state index in [1.165, 1.54) is 11.8 Å². The normalized spacial score (nSPS) is 18.8. The molecule has 0 fully saturated rings. The summed E-state index contributed by atoms with van der Waals surface area (Å²) < 4.78 is 40.8. The van der Waals surface area contributed by atoms with Gasteiger partial charge < -0.3 is 4.74 Å². The summed E-state index contributed by atoms with van der Waals surface area (Å²) in [4.78, 5) is 8.05. The zero-order chi connectivity index (χ0) is 13.3. The van der Waals surface area contributed by atoms with E-state index in [1.807, 2.05) is 13.2 Å². The van der Waals surface area contributed by atoms with Gasteiger partial charge in [0, 0.05) is 10.8 Å². The molecule has 18 heavy (non-hydrogen) atoms. The molecule has 0 aromatic carbocycles. The van der Waals surface area contributed by atoms with Crippen molar-refractivity contribution in [2.75, 3.05) is 12.9 Å². The Hall–Kier alpha value is -0.630. The van der Waals surface area contributed by atoms with Gasteiger partial charge in [-0.15, -0.1) is 23.5 Å². The van der Waals surface area contributed by atoms with Crippen LogP contribution >= 0.6 is 23.5 Å². The number of fused-ring (bicyclic) bond motifs is 1. The summed E-state index contributed by atoms with van der Waals surface area (Å²) in [7, 11) is 0. The fraction of sp³-hybridized carbons (Fsp3) is 0.600. The predicted octanol–water partition coefficient (Wildman–Crippen LogP) is 3.18. The maximum Gasteiger partial charge on any atom is 0.422 e. The minimum Gasteiger partial charge on any atom is -0.454 e. The van der Waals surface area contributed by atoms with Crippen LogP contribution in [0.5, 0.6) is 6.01 Å². The Balaban J connectivity index is 2.21. The Bertz CT molecular complexity index is 453. The van der Waals surface area contributed by atoms with E-state index in [0.29, 0.717) is 10.3 Å². The van der Waals surface area contributed by atoms with Gasteiger partial charge >= 0.3 is 12.2 Å². The number of alkyl halides is 3. The predicted molar refractivity (Wildman–Crippen MR) is 64.4 cm³/mol. The molecule has 1 unspecified atom stereocenters. The Kier molecular flexibility index (Phi) is 3.96. The Labute approximate surface area is 111 Å². The molecule has 0 saturated heterocycles. The molecule has 100 valence electrons. The molecule has 3 nitrogen and oxygen atoms in total. The van der Waals surface area contributed by atoms with Gasteiger partial charge in [-0.3, -0.25) is 0 Å². The van der Waals surface area contributed by atoms with Gasteiger partial charge in [-0.2, -0.15) is 23.1 Å². The number of rotatable bonds is 3. The van der Waals surface area contributed by atoms with Crippen molar-refractivity contribution in [2.45, 2.75) is 34.8 Å². The van der Waals surface area contributed by atoms with Crippen molar-refractivity contribution in [3.63, 3.8) is 0 Å². The van der Waals surface area contributed by atoms with Crippen molar-refractivity contribution in [1.29, 1.82) is 0 Å². The number of halogens is 3. The van der Waals surface area contributed by atoms with Crippen LogP contribution in [-0.4, -0.2) is 34.3 Å². The van der Waals surface area contributed by atoms with Gasteiger partial charge in [-0.05, 0) is 12.7 Å². The van der Waals surface area contributed by atoms with Crippen molar-refractivity contribution >= 4 is 23.5 Å². The fourth-order valence-electron chi connectivity index (χ4n) is 1.60. The van der Waals surface area contributed by atoms with Crippen molar-refractivity contribution in [1.82, 2.24) is 9.97 Å². The molecule has 1 aromatic rings. The van der Waals surface area contributed by atoms with Crippen LogP contribution in [0, 0.1) is 0 Å². The highest BCUT2D eigenvalue weighted by Crippen LogP contribution is 2.40. The molecule has 0 spiro atoms. The molecule has 1 aromatic heterocycles. The molecule has 0 N–H and O–H groups in total. The smallest absolute Gasteiger partial charge is 0.422 e. The maximum absolute atomic E-state index is 12.1. The van der Waals surface area contributed by atoms with Crippen molar-refractivity contribution in [2.24, 2.45) is 0 Å². The molecule has 1 aliphatic heterocycles. The van der Waals surface area contributed by atoms with E-state index < -0.39 is 12.8 Å². The molecular formula is C10H11F3N2OS2. The van der Waals surface area contributed by atoms with Gasteiger partial charge in [0.2, 0.25) is 0 Å². The number of hydrogen-bond acceptors (Lipinski definition) is 5. The highest BCUT2D eigenvalue weighted by Gasteiger charge is 2.30. The first-order valence-corrected chi connectivity index (χ1v) is 7.30. The summed E-state index contributed by atoms with van der Waals surface area (Å²) in [5, 5.41) is 1.81. The zero-order valence-corrected chi connectivity index (χ0v) is 11.4. The first-order chi connectivity index (χ1) is 8.39. The minimum absolute atomic E-state index is 0.197. The molecule has 0 bridgehead atoms. The summed E-state index contributed by atoms with van der Waals surface area (Å²) in [6.07, 6.45) is -1.69. The molecule has 1 aliphatic rings. The summed E-state index contributed by atoms with van der Waals surface area (Å²) in [6.45, 7) is 0.687. The molecule has 0 saturated carbocycles. The molecule has 1 atom stereocenters. The molecule has 0 amide bonds. The molecule has 2 rings (SSSR count). The SMILES string of the molecule is CSc1nc(OCC(F)(F)F)nc2c1CC(C)S2. The van der Waals surface area contributed by atoms with Crippen molar-refractivity contribution < 1.29 is 17.9 Å². The van der Waals surface area contributed by atoms with Crippen LogP contribution in [0.25, 0.3) is 0 Å². The lowest BCUT2D eigenvalue weighted by Crippen LogP contribution is -2.20. The van der Waals surface area contributed by atoms with E-state index in [-0.39, 0.29) is 6.01 Å². The summed E-state index contributed by atoms with van der Waals surface area (Å²) in [5.74, 6) is 0. The van der Waals surface area contributed by atoms with Crippen LogP contribution < -0.4 is 4.74 Å². The largest absolute Gasteiger partial charge is 0.454 e. The van der Waals surface area contributed by atoms with E-state index in [9.17, 15) is 13.2 Å². The lowest BCUT2D eigenvalue weighted by molar-refractivity contribution is -0.154. The second kappa shape index (κ2) is 5.16. The summed E-state index contributed by atoms with van der Waals surface area (Å²) >= 11 is 2.94. The maximum atomic E-state index is 12.1. The third kappa shape index (κ3) is 3.23. The fourth-order valence-corrected chi connectivity index (χ4v) is 3.34. The van der Waals surface area contributed by atoms with E-state index in [0.717, 1.165) is 17.0 Å². The number of hydrogen-bond donors (Lipinski definition) is 0. The summed E-state index contributed by atoms with van der Waals surface area (Å²) in [5.41, 5.74) is 1.01. The van der Waals surface area contributed by atoms with Gasteiger partial charge in [0.15, 0.2) is 6.61 Å². The van der Waals surface area contributed by atoms with Crippen LogP contribution in [0.3, 0.4) is 0 Å². The van der Waals surface area contributed by atoms with E-state index in [4.69, 9.17) is 0 Å². The van der Waals surface area contributed by atoms with Gasteiger partial charge in [0.05, 0.1) is 0 Å². The first kappa shape index (κ1) is 13.8. The Morgan fingerprint density at radius 2 is 2.17 bits per heavy atom. The van der Waals surface area contributed by atoms with Gasteiger partial charge in [0.25, 0.3) is 0 Å². The average molecular weight is 296 g/mol. The number of thioether (sulfide) groups is 2. The number of ether oxygens (including phenoxy) is 1. The van der Waals surface area contributed by atoms with E-state index in [1.54, 1.807) is 11.8 Å². The molecule has 8 heteroatoms. The molecule has 2 heterocycles. The van der Waals surface area contributed by atoms with E-state index in [2.05, 4.69) is 14.7 Å². The highest BCUT2D eigenvalue weighted by atomic mass is 32.2. The molecule has 0 aliphatic carbocycles. The minimum atomic E-state index is -4.37. The van der Waals surface area contributed by atoms with Crippen LogP contribution in [0.4, 0.5) is 13.2 Å². The van der Waals surface area contributed by atoms with Gasteiger partial charge in [-0.1, -0.05) is 6.92 Å². The topological polar surface area (TPSA) is 35.0 Å². The molecule has 0 radical (unpaired) electrons. The van der Waals surface area contributed by atoms with E-state index >= 15 is 0 Å². The second-order valence-electron chi connectivity index (χ2n) is 3.84. The van der Waals surface area contributed by atoms with Crippen molar-refractivity contribution in [3.8, 4) is 6.01 Å². The van der Waals surface area contributed by atoms with Gasteiger partial charge in [0.1, 0.15) is 10.1 Å². The lowest BCUT2D eigenvalue weighted by atomic mass is 10.2. The zero-order valence-electron chi connectivity index (χ0n) is 9.74. The van der Waals surface area contributed by atoms with Crippen molar-refractivity contribution in [3.05, 3.63) is 5.56 Å². The van der Waals surface area contributed by atoms with Crippen LogP contribution in [-0.2, 0) is 6.42 Å². The first-order valence-electron chi connectivity index (χ1n) is 5.20. The number of aromatic nitrogens is 2. The standard InChI is InChI=1S/C10H11F3N2OS2/c1-5-3-6-7(17-2)14-9(15-8(6)18-5)16-4-10(11,12)13/h5H,3-4H2,1-2H3. The monoisotopic (exact) mass is 296 g/mol. The second-order valence-corrected chi connectivity index (χ2v) is 6.06. The highest BCUT2D eigenvalue weighted by molar-refractivity contribution is 8.00. The third-order valence-electron chi connectivity index (χ3n) is 2.27. The quantitative estimate of drug-likeness (QED) is 0.632. The van der Waals surface area contributed by atoms with Crippen LogP contribution in [0.1, 0.15) is 12.5 Å². The Morgan fingerprint density at radius 3 is 2.78 bits per heavy atom. The molecular weight excluding hydrogens is 285 g/mol. The van der Waals surface area contributed by atoms with Crippen LogP contribution in [0.2, 0.25) is 0 Å². The Morgan fingerprint density at radius 1 is 1.44 bits per heavy atom. The summed E-state index contributed by atoms with van der Waals surface area (Å²) in [6, 6.07) is -0.197. The average Bonchev–Trinajstić information content (AvgIpc) is 2.64. The lowest BCUT2D eigenvalue weighted by Gasteiger charge is -2.10. The van der Waals surface area contributed by atoms with Gasteiger partial charge in [-0.25, -0.2) is 0 Å². The van der Waals surface area contributed by atoms with Crippen LogP contribution in [0.15, 0.2) is 10.1 Å². The third-order valence-corrected chi connectivity index (χ3v) is 4.13.